The van der Waals surface area contributed by atoms with Crippen molar-refractivity contribution >= 4 is 46.6 Å². The molecule has 0 radical (unpaired) electrons. The van der Waals surface area contributed by atoms with Gasteiger partial charge in [0.25, 0.3) is 0 Å². The van der Waals surface area contributed by atoms with E-state index in [1.807, 2.05) is 4.57 Å². The molecule has 0 aliphatic carbocycles. The van der Waals surface area contributed by atoms with Crippen LogP contribution in [0.25, 0.3) is 11.4 Å². The molecule has 0 bridgehead atoms. The maximum absolute atomic E-state index is 14.3. The number of amides is 1. The Labute approximate surface area is 182 Å². The first-order valence-corrected chi connectivity index (χ1v) is 10.6. The molecular weight excluding hydrogens is 434 g/mol. The Hall–Kier alpha value is -2.09. The maximum atomic E-state index is 14.3. The Morgan fingerprint density at radius 2 is 1.97 bits per heavy atom. The summed E-state index contributed by atoms with van der Waals surface area (Å²) in [6.45, 7) is 4.70. The number of carbonyl (C=O) groups excluding carboxylic acids is 1. The Morgan fingerprint density at radius 3 is 2.66 bits per heavy atom. The standard InChI is InChI=1S/C20H19Cl2FN4OS/c1-12(2)10-27-19(14-5-3-4-6-16(14)23)25-26-20(27)29-11-18(28)24-17-8-7-13(21)9-15(17)22/h3-9,12H,10-11H2,1-2H3,(H,24,28). The van der Waals surface area contributed by atoms with Crippen molar-refractivity contribution in [2.24, 2.45) is 5.92 Å². The Morgan fingerprint density at radius 1 is 1.21 bits per heavy atom. The van der Waals surface area contributed by atoms with Crippen molar-refractivity contribution in [3.05, 3.63) is 58.3 Å². The summed E-state index contributed by atoms with van der Waals surface area (Å²) in [5.74, 6) is 0.229. The van der Waals surface area contributed by atoms with Gasteiger partial charge in [-0.3, -0.25) is 4.79 Å². The minimum atomic E-state index is -0.364. The molecule has 0 saturated carbocycles. The molecule has 0 spiro atoms. The second-order valence-electron chi connectivity index (χ2n) is 6.75. The summed E-state index contributed by atoms with van der Waals surface area (Å²) in [5.41, 5.74) is 0.863. The largest absolute Gasteiger partial charge is 0.324 e. The topological polar surface area (TPSA) is 59.8 Å². The van der Waals surface area contributed by atoms with E-state index in [9.17, 15) is 9.18 Å². The van der Waals surface area contributed by atoms with E-state index >= 15 is 0 Å². The van der Waals surface area contributed by atoms with Crippen LogP contribution in [0.4, 0.5) is 10.1 Å². The molecule has 0 unspecified atom stereocenters. The van der Waals surface area contributed by atoms with Crippen molar-refractivity contribution in [3.8, 4) is 11.4 Å². The van der Waals surface area contributed by atoms with Gasteiger partial charge in [-0.15, -0.1) is 10.2 Å². The number of aromatic nitrogens is 3. The Kier molecular flexibility index (Phi) is 7.16. The number of nitrogens with zero attached hydrogens (tertiary/aromatic N) is 3. The molecular formula is C20H19Cl2FN4OS. The number of halogens is 3. The molecule has 0 atom stereocenters. The van der Waals surface area contributed by atoms with Crippen LogP contribution < -0.4 is 5.32 Å². The van der Waals surface area contributed by atoms with Crippen LogP contribution >= 0.6 is 35.0 Å². The number of benzene rings is 2. The van der Waals surface area contributed by atoms with Crippen molar-refractivity contribution in [1.82, 2.24) is 14.8 Å². The molecule has 0 saturated heterocycles. The van der Waals surface area contributed by atoms with Gasteiger partial charge < -0.3 is 9.88 Å². The van der Waals surface area contributed by atoms with E-state index < -0.39 is 0 Å². The first kappa shape index (κ1) is 21.6. The summed E-state index contributed by atoms with van der Waals surface area (Å²) in [5, 5.41) is 12.5. The van der Waals surface area contributed by atoms with Gasteiger partial charge in [-0.05, 0) is 36.2 Å². The molecule has 3 aromatic rings. The fraction of sp³-hybridized carbons (Fsp3) is 0.250. The van der Waals surface area contributed by atoms with Crippen LogP contribution in [0.1, 0.15) is 13.8 Å². The lowest BCUT2D eigenvalue weighted by Crippen LogP contribution is -2.15. The van der Waals surface area contributed by atoms with Crippen LogP contribution in [0.2, 0.25) is 10.0 Å². The highest BCUT2D eigenvalue weighted by Crippen LogP contribution is 2.28. The second kappa shape index (κ2) is 9.61. The van der Waals surface area contributed by atoms with Crippen LogP contribution in [-0.2, 0) is 11.3 Å². The average Bonchev–Trinajstić information content (AvgIpc) is 3.04. The Bertz CT molecular complexity index is 1030. The van der Waals surface area contributed by atoms with Gasteiger partial charge >= 0.3 is 0 Å². The minimum Gasteiger partial charge on any atom is -0.324 e. The summed E-state index contributed by atoms with van der Waals surface area (Å²) in [6.07, 6.45) is 0. The van der Waals surface area contributed by atoms with Gasteiger partial charge in [-0.25, -0.2) is 4.39 Å². The zero-order valence-electron chi connectivity index (χ0n) is 15.8. The monoisotopic (exact) mass is 452 g/mol. The zero-order chi connectivity index (χ0) is 21.0. The zero-order valence-corrected chi connectivity index (χ0v) is 18.2. The number of rotatable bonds is 7. The van der Waals surface area contributed by atoms with E-state index in [0.717, 1.165) is 0 Å². The molecule has 5 nitrogen and oxygen atoms in total. The highest BCUT2D eigenvalue weighted by molar-refractivity contribution is 7.99. The number of thioether (sulfide) groups is 1. The third-order valence-electron chi connectivity index (χ3n) is 3.92. The van der Waals surface area contributed by atoms with Crippen molar-refractivity contribution in [3.63, 3.8) is 0 Å². The summed E-state index contributed by atoms with van der Waals surface area (Å²) in [6, 6.07) is 11.3. The van der Waals surface area contributed by atoms with Gasteiger partial charge in [-0.1, -0.05) is 60.9 Å². The number of anilines is 1. The van der Waals surface area contributed by atoms with Crippen molar-refractivity contribution in [2.45, 2.75) is 25.5 Å². The summed E-state index contributed by atoms with van der Waals surface area (Å²) >= 11 is 13.2. The smallest absolute Gasteiger partial charge is 0.234 e. The van der Waals surface area contributed by atoms with Crippen molar-refractivity contribution in [2.75, 3.05) is 11.1 Å². The van der Waals surface area contributed by atoms with Crippen LogP contribution in [0, 0.1) is 11.7 Å². The Balaban J connectivity index is 1.76. The molecule has 1 N–H and O–H groups in total. The second-order valence-corrected chi connectivity index (χ2v) is 8.54. The number of hydrogen-bond acceptors (Lipinski definition) is 4. The highest BCUT2D eigenvalue weighted by atomic mass is 35.5. The fourth-order valence-electron chi connectivity index (χ4n) is 2.67. The van der Waals surface area contributed by atoms with Gasteiger partial charge in [0.05, 0.1) is 22.0 Å². The number of hydrogen-bond donors (Lipinski definition) is 1. The van der Waals surface area contributed by atoms with Gasteiger partial charge in [0.15, 0.2) is 11.0 Å². The van der Waals surface area contributed by atoms with Gasteiger partial charge in [0.2, 0.25) is 5.91 Å². The lowest BCUT2D eigenvalue weighted by molar-refractivity contribution is -0.113. The molecule has 1 heterocycles. The first-order chi connectivity index (χ1) is 13.8. The highest BCUT2D eigenvalue weighted by Gasteiger charge is 2.19. The molecule has 0 aliphatic heterocycles. The third kappa shape index (κ3) is 5.50. The van der Waals surface area contributed by atoms with Crippen LogP contribution in [0.3, 0.4) is 0 Å². The quantitative estimate of drug-likeness (QED) is 0.461. The summed E-state index contributed by atoms with van der Waals surface area (Å²) in [4.78, 5) is 12.3. The maximum Gasteiger partial charge on any atom is 0.234 e. The molecule has 29 heavy (non-hydrogen) atoms. The predicted octanol–water partition coefficient (Wildman–Crippen LogP) is 5.78. The van der Waals surface area contributed by atoms with E-state index in [1.165, 1.54) is 17.8 Å². The van der Waals surface area contributed by atoms with E-state index in [0.29, 0.717) is 38.8 Å². The number of nitrogens with one attached hydrogen (secondary N) is 1. The molecule has 1 amide bonds. The molecule has 0 aliphatic rings. The van der Waals surface area contributed by atoms with Gasteiger partial charge in [0.1, 0.15) is 5.82 Å². The van der Waals surface area contributed by atoms with E-state index in [1.54, 1.807) is 36.4 Å². The van der Waals surface area contributed by atoms with Gasteiger partial charge in [-0.2, -0.15) is 0 Å². The lowest BCUT2D eigenvalue weighted by atomic mass is 10.2. The molecule has 152 valence electrons. The molecule has 9 heteroatoms. The SMILES string of the molecule is CC(C)Cn1c(SCC(=O)Nc2ccc(Cl)cc2Cl)nnc1-c1ccccc1F. The van der Waals surface area contributed by atoms with E-state index in [-0.39, 0.29) is 23.4 Å². The van der Waals surface area contributed by atoms with Crippen molar-refractivity contribution in [1.29, 1.82) is 0 Å². The van der Waals surface area contributed by atoms with E-state index in [2.05, 4.69) is 29.4 Å². The summed E-state index contributed by atoms with van der Waals surface area (Å²) < 4.78 is 16.1. The third-order valence-corrected chi connectivity index (χ3v) is 5.43. The predicted molar refractivity (Wildman–Crippen MR) is 116 cm³/mol. The summed E-state index contributed by atoms with van der Waals surface area (Å²) in [7, 11) is 0. The molecule has 2 aromatic carbocycles. The van der Waals surface area contributed by atoms with E-state index in [4.69, 9.17) is 23.2 Å². The van der Waals surface area contributed by atoms with Crippen molar-refractivity contribution < 1.29 is 9.18 Å². The lowest BCUT2D eigenvalue weighted by Gasteiger charge is -2.13. The van der Waals surface area contributed by atoms with Crippen LogP contribution in [0.5, 0.6) is 0 Å². The molecule has 3 rings (SSSR count). The molecule has 1 aromatic heterocycles. The number of carbonyl (C=O) groups is 1. The van der Waals surface area contributed by atoms with Gasteiger partial charge in [0, 0.05) is 11.6 Å². The average molecular weight is 453 g/mol. The minimum absolute atomic E-state index is 0.104. The fourth-order valence-corrected chi connectivity index (χ4v) is 3.88. The normalized spacial score (nSPS) is 11.1. The van der Waals surface area contributed by atoms with Crippen LogP contribution in [-0.4, -0.2) is 26.4 Å². The first-order valence-electron chi connectivity index (χ1n) is 8.91. The van der Waals surface area contributed by atoms with Crippen LogP contribution in [0.15, 0.2) is 47.6 Å². The molecule has 0 fully saturated rings.